The van der Waals surface area contributed by atoms with Crippen molar-refractivity contribution in [1.82, 2.24) is 5.32 Å². The molecule has 2 saturated carbocycles. The van der Waals surface area contributed by atoms with Crippen molar-refractivity contribution in [3.63, 3.8) is 0 Å². The highest BCUT2D eigenvalue weighted by Gasteiger charge is 2.40. The molecule has 1 N–H and O–H groups in total. The molecule has 1 aromatic carbocycles. The van der Waals surface area contributed by atoms with Gasteiger partial charge in [-0.05, 0) is 73.7 Å². The quantitative estimate of drug-likeness (QED) is 0.821. The van der Waals surface area contributed by atoms with E-state index in [9.17, 15) is 4.39 Å². The third-order valence-electron chi connectivity index (χ3n) is 4.09. The van der Waals surface area contributed by atoms with Crippen molar-refractivity contribution in [2.45, 2.75) is 32.2 Å². The molecule has 98 valence electrons. The van der Waals surface area contributed by atoms with Crippen molar-refractivity contribution in [3.8, 4) is 0 Å². The maximum Gasteiger partial charge on any atom is 0.125 e. The van der Waals surface area contributed by atoms with Gasteiger partial charge in [0.15, 0.2) is 0 Å². The van der Waals surface area contributed by atoms with Crippen molar-refractivity contribution in [2.24, 2.45) is 17.8 Å². The lowest BCUT2D eigenvalue weighted by Crippen LogP contribution is -2.25. The number of hydrogen-bond donors (Lipinski definition) is 1. The number of rotatable bonds is 6. The molecule has 0 spiro atoms. The van der Waals surface area contributed by atoms with E-state index in [4.69, 9.17) is 11.6 Å². The summed E-state index contributed by atoms with van der Waals surface area (Å²) >= 11 is 5.84. The Kier molecular flexibility index (Phi) is 3.58. The average molecular weight is 268 g/mol. The number of hydrogen-bond acceptors (Lipinski definition) is 1. The summed E-state index contributed by atoms with van der Waals surface area (Å²) in [5.74, 6) is 2.52. The Bertz CT molecular complexity index is 394. The van der Waals surface area contributed by atoms with Crippen molar-refractivity contribution in [1.29, 1.82) is 0 Å². The van der Waals surface area contributed by atoms with Gasteiger partial charge >= 0.3 is 0 Å². The van der Waals surface area contributed by atoms with Crippen LogP contribution in [0.15, 0.2) is 18.2 Å². The highest BCUT2D eigenvalue weighted by molar-refractivity contribution is 6.30. The van der Waals surface area contributed by atoms with E-state index in [0.29, 0.717) is 11.6 Å². The van der Waals surface area contributed by atoms with Gasteiger partial charge in [0.2, 0.25) is 0 Å². The Morgan fingerprint density at radius 1 is 1.17 bits per heavy atom. The summed E-state index contributed by atoms with van der Waals surface area (Å²) in [6.45, 7) is 1.79. The molecule has 18 heavy (non-hydrogen) atoms. The van der Waals surface area contributed by atoms with Crippen LogP contribution in [0.3, 0.4) is 0 Å². The molecule has 0 bridgehead atoms. The minimum Gasteiger partial charge on any atom is -0.312 e. The topological polar surface area (TPSA) is 12.0 Å². The SMILES string of the molecule is Fc1cc(Cl)cc(CNCC(C2CC2)C2CC2)c1. The van der Waals surface area contributed by atoms with Crippen molar-refractivity contribution in [2.75, 3.05) is 6.54 Å². The summed E-state index contributed by atoms with van der Waals surface area (Å²) in [7, 11) is 0. The molecule has 0 unspecified atom stereocenters. The van der Waals surface area contributed by atoms with Crippen LogP contribution in [-0.2, 0) is 6.54 Å². The molecule has 1 nitrogen and oxygen atoms in total. The lowest BCUT2D eigenvalue weighted by atomic mass is 9.98. The number of benzene rings is 1. The first-order chi connectivity index (χ1) is 8.72. The molecule has 0 aliphatic heterocycles. The van der Waals surface area contributed by atoms with E-state index in [0.717, 1.165) is 29.9 Å². The largest absolute Gasteiger partial charge is 0.312 e. The lowest BCUT2D eigenvalue weighted by molar-refractivity contribution is 0.378. The molecule has 2 fully saturated rings. The molecule has 3 rings (SSSR count). The summed E-state index contributed by atoms with van der Waals surface area (Å²) < 4.78 is 13.2. The zero-order valence-corrected chi connectivity index (χ0v) is 11.2. The Labute approximate surface area is 113 Å². The van der Waals surface area contributed by atoms with Crippen molar-refractivity contribution < 1.29 is 4.39 Å². The normalized spacial score (nSPS) is 19.5. The van der Waals surface area contributed by atoms with E-state index >= 15 is 0 Å². The molecule has 0 heterocycles. The van der Waals surface area contributed by atoms with Crippen molar-refractivity contribution in [3.05, 3.63) is 34.6 Å². The fraction of sp³-hybridized carbons (Fsp3) is 0.600. The predicted molar refractivity (Wildman–Crippen MR) is 72.1 cm³/mol. The van der Waals surface area contributed by atoms with Crippen LogP contribution < -0.4 is 5.32 Å². The molecule has 0 radical (unpaired) electrons. The summed E-state index contributed by atoms with van der Waals surface area (Å²) in [5, 5.41) is 3.95. The van der Waals surface area contributed by atoms with Crippen LogP contribution in [-0.4, -0.2) is 6.54 Å². The third kappa shape index (κ3) is 3.24. The van der Waals surface area contributed by atoms with Gasteiger partial charge in [0.1, 0.15) is 5.82 Å². The van der Waals surface area contributed by atoms with Gasteiger partial charge in [-0.1, -0.05) is 11.6 Å². The minimum absolute atomic E-state index is 0.250. The molecular weight excluding hydrogens is 249 g/mol. The van der Waals surface area contributed by atoms with Gasteiger partial charge in [-0.15, -0.1) is 0 Å². The van der Waals surface area contributed by atoms with Gasteiger partial charge in [-0.2, -0.15) is 0 Å². The van der Waals surface area contributed by atoms with Crippen LogP contribution in [0.2, 0.25) is 5.02 Å². The zero-order valence-electron chi connectivity index (χ0n) is 10.5. The number of halogens is 2. The molecule has 0 saturated heterocycles. The fourth-order valence-electron chi connectivity index (χ4n) is 2.86. The predicted octanol–water partition coefficient (Wildman–Crippen LogP) is 4.00. The molecule has 2 aliphatic rings. The van der Waals surface area contributed by atoms with Gasteiger partial charge in [0.25, 0.3) is 0 Å². The van der Waals surface area contributed by atoms with Gasteiger partial charge in [-0.3, -0.25) is 0 Å². The molecule has 0 atom stereocenters. The Morgan fingerprint density at radius 3 is 2.39 bits per heavy atom. The Morgan fingerprint density at radius 2 is 1.83 bits per heavy atom. The highest BCUT2D eigenvalue weighted by atomic mass is 35.5. The van der Waals surface area contributed by atoms with E-state index in [-0.39, 0.29) is 5.82 Å². The van der Waals surface area contributed by atoms with Gasteiger partial charge in [0.05, 0.1) is 0 Å². The summed E-state index contributed by atoms with van der Waals surface area (Å²) in [4.78, 5) is 0. The van der Waals surface area contributed by atoms with E-state index in [1.54, 1.807) is 6.07 Å². The van der Waals surface area contributed by atoms with Gasteiger partial charge in [0, 0.05) is 11.6 Å². The molecule has 0 amide bonds. The second-order valence-electron chi connectivity index (χ2n) is 5.75. The second kappa shape index (κ2) is 5.18. The summed E-state index contributed by atoms with van der Waals surface area (Å²) in [6.07, 6.45) is 5.65. The first-order valence-electron chi connectivity index (χ1n) is 6.88. The van der Waals surface area contributed by atoms with Crippen LogP contribution in [0, 0.1) is 23.6 Å². The monoisotopic (exact) mass is 267 g/mol. The Hall–Kier alpha value is -0.600. The van der Waals surface area contributed by atoms with Crippen LogP contribution in [0.1, 0.15) is 31.2 Å². The van der Waals surface area contributed by atoms with Crippen LogP contribution >= 0.6 is 11.6 Å². The van der Waals surface area contributed by atoms with Crippen LogP contribution in [0.4, 0.5) is 4.39 Å². The zero-order chi connectivity index (χ0) is 12.5. The average Bonchev–Trinajstić information content (AvgIpc) is 3.14. The van der Waals surface area contributed by atoms with E-state index in [2.05, 4.69) is 5.32 Å². The second-order valence-corrected chi connectivity index (χ2v) is 6.18. The highest BCUT2D eigenvalue weighted by Crippen LogP contribution is 2.48. The van der Waals surface area contributed by atoms with Gasteiger partial charge in [-0.25, -0.2) is 4.39 Å². The third-order valence-corrected chi connectivity index (χ3v) is 4.30. The molecular formula is C15H19ClFN. The van der Waals surface area contributed by atoms with Crippen molar-refractivity contribution >= 4 is 11.6 Å². The lowest BCUT2D eigenvalue weighted by Gasteiger charge is -2.16. The Balaban J connectivity index is 1.51. The number of nitrogens with one attached hydrogen (secondary N) is 1. The standard InChI is InChI=1S/C15H19ClFN/c16-13-5-10(6-14(17)7-13)8-18-9-15(11-1-2-11)12-3-4-12/h5-7,11-12,15,18H,1-4,8-9H2. The summed E-state index contributed by atoms with van der Waals surface area (Å²) in [6, 6.07) is 4.74. The maximum absolute atomic E-state index is 13.2. The molecule has 3 heteroatoms. The van der Waals surface area contributed by atoms with Crippen LogP contribution in [0.25, 0.3) is 0 Å². The summed E-state index contributed by atoms with van der Waals surface area (Å²) in [5.41, 5.74) is 0.936. The molecule has 0 aromatic heterocycles. The van der Waals surface area contributed by atoms with E-state index in [1.165, 1.54) is 31.7 Å². The molecule has 1 aromatic rings. The van der Waals surface area contributed by atoms with E-state index < -0.39 is 0 Å². The first kappa shape index (κ1) is 12.4. The maximum atomic E-state index is 13.2. The van der Waals surface area contributed by atoms with Crippen LogP contribution in [0.5, 0.6) is 0 Å². The fourth-order valence-corrected chi connectivity index (χ4v) is 3.11. The van der Waals surface area contributed by atoms with Gasteiger partial charge < -0.3 is 5.32 Å². The minimum atomic E-state index is -0.250. The molecule has 2 aliphatic carbocycles. The first-order valence-corrected chi connectivity index (χ1v) is 7.26. The van der Waals surface area contributed by atoms with E-state index in [1.807, 2.05) is 6.07 Å². The smallest absolute Gasteiger partial charge is 0.125 e.